The first-order chi connectivity index (χ1) is 14.4. The molecular formula is C22H14ClN3O4. The van der Waals surface area contributed by atoms with Crippen molar-refractivity contribution in [1.29, 1.82) is 0 Å². The highest BCUT2D eigenvalue weighted by Gasteiger charge is 2.14. The Kier molecular flexibility index (Phi) is 5.04. The van der Waals surface area contributed by atoms with E-state index in [0.717, 1.165) is 5.56 Å². The first-order valence-corrected chi connectivity index (χ1v) is 9.24. The van der Waals surface area contributed by atoms with Crippen LogP contribution in [0, 0.1) is 10.1 Å². The summed E-state index contributed by atoms with van der Waals surface area (Å²) in [5, 5.41) is 21.5. The molecule has 1 aromatic heterocycles. The number of phenols is 1. The fraction of sp³-hybridized carbons (Fsp3) is 0. The molecule has 7 nitrogen and oxygen atoms in total. The molecular weight excluding hydrogens is 406 g/mol. The SMILES string of the molecule is O=c1c2ccc([N+](=O)[O-])cc2nc(/C=C/c2ccc(Cl)cc2)n1-c1ccc(O)cc1. The molecule has 1 heterocycles. The summed E-state index contributed by atoms with van der Waals surface area (Å²) in [6.07, 6.45) is 3.41. The smallest absolute Gasteiger partial charge is 0.271 e. The largest absolute Gasteiger partial charge is 0.508 e. The van der Waals surface area contributed by atoms with Crippen molar-refractivity contribution in [2.75, 3.05) is 0 Å². The molecule has 0 aliphatic carbocycles. The molecule has 0 radical (unpaired) electrons. The van der Waals surface area contributed by atoms with Crippen molar-refractivity contribution in [3.8, 4) is 11.4 Å². The molecule has 0 fully saturated rings. The number of fused-ring (bicyclic) bond motifs is 1. The monoisotopic (exact) mass is 419 g/mol. The summed E-state index contributed by atoms with van der Waals surface area (Å²) in [4.78, 5) is 28.3. The third-order valence-electron chi connectivity index (χ3n) is 4.49. The number of aromatic nitrogens is 2. The third kappa shape index (κ3) is 3.78. The van der Waals surface area contributed by atoms with Gasteiger partial charge < -0.3 is 5.11 Å². The van der Waals surface area contributed by atoms with Crippen LogP contribution in [0.4, 0.5) is 5.69 Å². The van der Waals surface area contributed by atoms with Crippen LogP contribution in [0.25, 0.3) is 28.7 Å². The highest BCUT2D eigenvalue weighted by molar-refractivity contribution is 6.30. The van der Waals surface area contributed by atoms with Gasteiger partial charge in [-0.25, -0.2) is 4.98 Å². The summed E-state index contributed by atoms with van der Waals surface area (Å²) in [5.41, 5.74) is 1.03. The molecule has 1 N–H and O–H groups in total. The third-order valence-corrected chi connectivity index (χ3v) is 4.74. The maximum absolute atomic E-state index is 13.2. The quantitative estimate of drug-likeness (QED) is 0.377. The van der Waals surface area contributed by atoms with Gasteiger partial charge in [0.2, 0.25) is 0 Å². The number of nitro benzene ring substituents is 1. The lowest BCUT2D eigenvalue weighted by Crippen LogP contribution is -2.22. The topological polar surface area (TPSA) is 98.3 Å². The van der Waals surface area contributed by atoms with Crippen molar-refractivity contribution in [2.24, 2.45) is 0 Å². The Morgan fingerprint density at radius 3 is 2.37 bits per heavy atom. The Morgan fingerprint density at radius 1 is 1.00 bits per heavy atom. The first-order valence-electron chi connectivity index (χ1n) is 8.86. The maximum Gasteiger partial charge on any atom is 0.271 e. The number of hydrogen-bond donors (Lipinski definition) is 1. The number of non-ortho nitro benzene ring substituents is 1. The summed E-state index contributed by atoms with van der Waals surface area (Å²) < 4.78 is 1.39. The van der Waals surface area contributed by atoms with Gasteiger partial charge in [0, 0.05) is 17.2 Å². The Balaban J connectivity index is 1.95. The molecule has 0 atom stereocenters. The van der Waals surface area contributed by atoms with Crippen LogP contribution in [0.3, 0.4) is 0 Å². The number of aromatic hydroxyl groups is 1. The van der Waals surface area contributed by atoms with E-state index in [-0.39, 0.29) is 33.7 Å². The Bertz CT molecular complexity index is 1340. The molecule has 0 saturated heterocycles. The second-order valence-corrected chi connectivity index (χ2v) is 6.91. The summed E-state index contributed by atoms with van der Waals surface area (Å²) >= 11 is 5.92. The van der Waals surface area contributed by atoms with Crippen LogP contribution in [0.5, 0.6) is 5.75 Å². The van der Waals surface area contributed by atoms with E-state index in [4.69, 9.17) is 11.6 Å². The average Bonchev–Trinajstić information content (AvgIpc) is 2.74. The Morgan fingerprint density at radius 2 is 1.70 bits per heavy atom. The van der Waals surface area contributed by atoms with E-state index in [9.17, 15) is 20.0 Å². The van der Waals surface area contributed by atoms with Crippen LogP contribution in [0.1, 0.15) is 11.4 Å². The summed E-state index contributed by atoms with van der Waals surface area (Å²) in [7, 11) is 0. The van der Waals surface area contributed by atoms with Crippen LogP contribution in [-0.4, -0.2) is 19.6 Å². The number of nitro groups is 1. The average molecular weight is 420 g/mol. The molecule has 0 bridgehead atoms. The minimum absolute atomic E-state index is 0.0643. The van der Waals surface area contributed by atoms with E-state index in [1.54, 1.807) is 36.4 Å². The number of rotatable bonds is 4. The lowest BCUT2D eigenvalue weighted by molar-refractivity contribution is -0.384. The highest BCUT2D eigenvalue weighted by Crippen LogP contribution is 2.21. The van der Waals surface area contributed by atoms with Gasteiger partial charge in [0.05, 0.1) is 21.5 Å². The van der Waals surface area contributed by atoms with Gasteiger partial charge in [0.1, 0.15) is 11.6 Å². The van der Waals surface area contributed by atoms with Gasteiger partial charge in [-0.2, -0.15) is 0 Å². The minimum Gasteiger partial charge on any atom is -0.508 e. The first kappa shape index (κ1) is 19.4. The van der Waals surface area contributed by atoms with Gasteiger partial charge in [-0.05, 0) is 54.1 Å². The molecule has 0 saturated carbocycles. The molecule has 30 heavy (non-hydrogen) atoms. The lowest BCUT2D eigenvalue weighted by atomic mass is 10.2. The van der Waals surface area contributed by atoms with Crippen LogP contribution in [0.2, 0.25) is 5.02 Å². The molecule has 8 heteroatoms. The van der Waals surface area contributed by atoms with Gasteiger partial charge >= 0.3 is 0 Å². The van der Waals surface area contributed by atoms with Crippen molar-refractivity contribution in [3.05, 3.63) is 104 Å². The van der Waals surface area contributed by atoms with E-state index < -0.39 is 4.92 Å². The van der Waals surface area contributed by atoms with Crippen molar-refractivity contribution in [3.63, 3.8) is 0 Å². The molecule has 0 amide bonds. The molecule has 4 rings (SSSR count). The standard InChI is InChI=1S/C22H14ClN3O4/c23-15-4-1-14(2-5-15)3-12-21-24-20-13-17(26(29)30)8-11-19(20)22(28)25(21)16-6-9-18(27)10-7-16/h1-13,27H/b12-3+. The number of benzene rings is 3. The van der Waals surface area contributed by atoms with Crippen molar-refractivity contribution in [2.45, 2.75) is 0 Å². The molecule has 3 aromatic carbocycles. The van der Waals surface area contributed by atoms with Gasteiger partial charge in [-0.3, -0.25) is 19.5 Å². The zero-order valence-electron chi connectivity index (χ0n) is 15.4. The Hall–Kier alpha value is -3.97. The van der Waals surface area contributed by atoms with Crippen LogP contribution in [-0.2, 0) is 0 Å². The van der Waals surface area contributed by atoms with Crippen molar-refractivity contribution < 1.29 is 10.0 Å². The number of halogens is 1. The van der Waals surface area contributed by atoms with E-state index in [0.29, 0.717) is 10.7 Å². The van der Waals surface area contributed by atoms with Crippen LogP contribution < -0.4 is 5.56 Å². The van der Waals surface area contributed by atoms with Crippen LogP contribution in [0.15, 0.2) is 71.5 Å². The van der Waals surface area contributed by atoms with Crippen molar-refractivity contribution >= 4 is 40.3 Å². The normalized spacial score (nSPS) is 11.2. The number of phenolic OH excluding ortho intramolecular Hbond substituents is 1. The number of nitrogens with zero attached hydrogens (tertiary/aromatic N) is 3. The van der Waals surface area contributed by atoms with Gasteiger partial charge in [0.15, 0.2) is 0 Å². The van der Waals surface area contributed by atoms with E-state index >= 15 is 0 Å². The predicted molar refractivity (Wildman–Crippen MR) is 116 cm³/mol. The minimum atomic E-state index is -0.532. The molecule has 0 aliphatic heterocycles. The van der Waals surface area contributed by atoms with Gasteiger partial charge in [-0.1, -0.05) is 29.8 Å². The fourth-order valence-electron chi connectivity index (χ4n) is 3.01. The zero-order valence-corrected chi connectivity index (χ0v) is 16.2. The number of hydrogen-bond acceptors (Lipinski definition) is 5. The summed E-state index contributed by atoms with van der Waals surface area (Å²) in [6, 6.07) is 17.2. The maximum atomic E-state index is 13.2. The molecule has 0 aliphatic rings. The lowest BCUT2D eigenvalue weighted by Gasteiger charge is -2.11. The molecule has 4 aromatic rings. The zero-order chi connectivity index (χ0) is 21.3. The Labute approximate surface area is 175 Å². The second kappa shape index (κ2) is 7.81. The van der Waals surface area contributed by atoms with E-state index in [2.05, 4.69) is 4.98 Å². The highest BCUT2D eigenvalue weighted by atomic mass is 35.5. The summed E-state index contributed by atoms with van der Waals surface area (Å²) in [5.74, 6) is 0.350. The summed E-state index contributed by atoms with van der Waals surface area (Å²) in [6.45, 7) is 0. The fourth-order valence-corrected chi connectivity index (χ4v) is 3.14. The molecule has 148 valence electrons. The van der Waals surface area contributed by atoms with Gasteiger partial charge in [0.25, 0.3) is 11.2 Å². The molecule has 0 unspecified atom stereocenters. The molecule has 0 spiro atoms. The van der Waals surface area contributed by atoms with E-state index in [1.165, 1.54) is 34.9 Å². The predicted octanol–water partition coefficient (Wildman–Crippen LogP) is 4.82. The van der Waals surface area contributed by atoms with Gasteiger partial charge in [-0.15, -0.1) is 0 Å². The van der Waals surface area contributed by atoms with E-state index in [1.807, 2.05) is 12.1 Å². The second-order valence-electron chi connectivity index (χ2n) is 6.47. The van der Waals surface area contributed by atoms with Crippen LogP contribution >= 0.6 is 11.6 Å². The van der Waals surface area contributed by atoms with Crippen molar-refractivity contribution in [1.82, 2.24) is 9.55 Å².